The zero-order valence-corrected chi connectivity index (χ0v) is 19.5. The summed E-state index contributed by atoms with van der Waals surface area (Å²) in [7, 11) is 1.60. The Morgan fingerprint density at radius 2 is 2.03 bits per heavy atom. The van der Waals surface area contributed by atoms with Crippen molar-refractivity contribution < 1.29 is 27.4 Å². The first kappa shape index (κ1) is 24.2. The summed E-state index contributed by atoms with van der Waals surface area (Å²) in [5, 5.41) is 2.36. The molecule has 1 aliphatic heterocycles. The van der Waals surface area contributed by atoms with Gasteiger partial charge in [-0.15, -0.1) is 11.3 Å². The number of thiazole rings is 1. The van der Waals surface area contributed by atoms with Gasteiger partial charge < -0.3 is 14.4 Å². The molecule has 0 N–H and O–H groups in total. The Bertz CT molecular complexity index is 1110. The van der Waals surface area contributed by atoms with E-state index < -0.39 is 11.7 Å². The van der Waals surface area contributed by atoms with Crippen LogP contribution in [0, 0.1) is 0 Å². The van der Waals surface area contributed by atoms with Crippen molar-refractivity contribution in [1.29, 1.82) is 0 Å². The van der Waals surface area contributed by atoms with Crippen molar-refractivity contribution in [2.75, 3.05) is 20.3 Å². The van der Waals surface area contributed by atoms with Gasteiger partial charge in [0.1, 0.15) is 10.8 Å². The van der Waals surface area contributed by atoms with E-state index in [-0.39, 0.29) is 18.4 Å². The minimum absolute atomic E-state index is 0.00713. The number of methoxy groups -OCH3 is 1. The fourth-order valence-corrected chi connectivity index (χ4v) is 4.70. The molecule has 9 heteroatoms. The van der Waals surface area contributed by atoms with Gasteiger partial charge in [0, 0.05) is 30.6 Å². The van der Waals surface area contributed by atoms with Crippen molar-refractivity contribution in [2.45, 2.75) is 38.1 Å². The average Bonchev–Trinajstić information content (AvgIpc) is 3.50. The Balaban J connectivity index is 1.47. The van der Waals surface area contributed by atoms with E-state index in [2.05, 4.69) is 4.98 Å². The van der Waals surface area contributed by atoms with Gasteiger partial charge in [0.25, 0.3) is 0 Å². The molecule has 0 radical (unpaired) electrons. The predicted octanol–water partition coefficient (Wildman–Crippen LogP) is 5.59. The van der Waals surface area contributed by atoms with Gasteiger partial charge in [-0.3, -0.25) is 4.79 Å². The fraction of sp³-hybridized carbons (Fsp3) is 0.360. The second kappa shape index (κ2) is 10.6. The molecule has 1 unspecified atom stereocenters. The number of halogens is 3. The molecule has 4 rings (SSSR count). The monoisotopic (exact) mass is 490 g/mol. The molecule has 1 atom stereocenters. The van der Waals surface area contributed by atoms with E-state index in [1.54, 1.807) is 17.4 Å². The van der Waals surface area contributed by atoms with E-state index >= 15 is 0 Å². The van der Waals surface area contributed by atoms with Gasteiger partial charge in [-0.05, 0) is 42.7 Å². The molecular weight excluding hydrogens is 465 g/mol. The second-order valence-corrected chi connectivity index (χ2v) is 9.01. The van der Waals surface area contributed by atoms with Gasteiger partial charge in [-0.2, -0.15) is 13.2 Å². The third-order valence-corrected chi connectivity index (χ3v) is 6.59. The molecule has 1 fully saturated rings. The molecule has 0 bridgehead atoms. The van der Waals surface area contributed by atoms with Gasteiger partial charge in [-0.1, -0.05) is 24.3 Å². The summed E-state index contributed by atoms with van der Waals surface area (Å²) in [4.78, 5) is 19.5. The molecule has 0 spiro atoms. The second-order valence-electron chi connectivity index (χ2n) is 8.16. The highest BCUT2D eigenvalue weighted by Crippen LogP contribution is 2.32. The van der Waals surface area contributed by atoms with Gasteiger partial charge in [0.2, 0.25) is 5.91 Å². The first-order chi connectivity index (χ1) is 16.3. The van der Waals surface area contributed by atoms with E-state index in [9.17, 15) is 18.0 Å². The molecule has 1 saturated heterocycles. The number of hydrogen-bond acceptors (Lipinski definition) is 5. The Morgan fingerprint density at radius 1 is 1.24 bits per heavy atom. The molecule has 180 valence electrons. The third-order valence-electron chi connectivity index (χ3n) is 5.65. The zero-order chi connectivity index (χ0) is 24.1. The summed E-state index contributed by atoms with van der Waals surface area (Å²) in [6.45, 7) is 1.62. The minimum Gasteiger partial charge on any atom is -0.497 e. The molecule has 1 aromatic heterocycles. The lowest BCUT2D eigenvalue weighted by atomic mass is 10.1. The van der Waals surface area contributed by atoms with Gasteiger partial charge in [-0.25, -0.2) is 4.98 Å². The van der Waals surface area contributed by atoms with E-state index in [0.29, 0.717) is 36.0 Å². The lowest BCUT2D eigenvalue weighted by Crippen LogP contribution is -2.37. The molecule has 0 saturated carbocycles. The van der Waals surface area contributed by atoms with Crippen molar-refractivity contribution in [1.82, 2.24) is 9.88 Å². The van der Waals surface area contributed by atoms with Crippen LogP contribution in [0.5, 0.6) is 5.75 Å². The summed E-state index contributed by atoms with van der Waals surface area (Å²) in [5.41, 5.74) is 1.43. The topological polar surface area (TPSA) is 51.7 Å². The SMILES string of the molecule is COc1cccc(CN(CC2CCCO2)C(=O)Cc2csc(-c3ccc(C(F)(F)F)cc3)n2)c1. The van der Waals surface area contributed by atoms with Crippen LogP contribution in [-0.2, 0) is 28.7 Å². The summed E-state index contributed by atoms with van der Waals surface area (Å²) in [6.07, 6.45) is -2.37. The average molecular weight is 491 g/mol. The number of hydrogen-bond donors (Lipinski definition) is 0. The number of ether oxygens (including phenoxy) is 2. The number of carbonyl (C=O) groups excluding carboxylic acids is 1. The van der Waals surface area contributed by atoms with Crippen LogP contribution >= 0.6 is 11.3 Å². The number of alkyl halides is 3. The summed E-state index contributed by atoms with van der Waals surface area (Å²) >= 11 is 1.31. The van der Waals surface area contributed by atoms with Gasteiger partial charge in [0.05, 0.1) is 30.9 Å². The first-order valence-electron chi connectivity index (χ1n) is 11.0. The number of aromatic nitrogens is 1. The van der Waals surface area contributed by atoms with Crippen LogP contribution in [0.3, 0.4) is 0 Å². The number of carbonyl (C=O) groups is 1. The zero-order valence-electron chi connectivity index (χ0n) is 18.7. The van der Waals surface area contributed by atoms with Crippen LogP contribution in [0.2, 0.25) is 0 Å². The van der Waals surface area contributed by atoms with Gasteiger partial charge in [0.15, 0.2) is 0 Å². The Hall–Kier alpha value is -2.91. The van der Waals surface area contributed by atoms with Crippen LogP contribution in [0.15, 0.2) is 53.9 Å². The molecule has 1 aliphatic rings. The molecule has 3 aromatic rings. The molecule has 1 amide bonds. The number of rotatable bonds is 8. The minimum atomic E-state index is -4.38. The summed E-state index contributed by atoms with van der Waals surface area (Å²) < 4.78 is 49.5. The normalized spacial score (nSPS) is 15.9. The maximum Gasteiger partial charge on any atom is 0.416 e. The van der Waals surface area contributed by atoms with Crippen LogP contribution in [0.1, 0.15) is 29.7 Å². The molecule has 0 aliphatic carbocycles. The molecular formula is C25H25F3N2O3S. The standard InChI is InChI=1S/C25H25F3N2O3S/c1-32-21-5-2-4-17(12-21)14-30(15-22-6-3-11-33-22)23(31)13-20-16-34-24(29-20)18-7-9-19(10-8-18)25(26,27)28/h2,4-5,7-10,12,16,22H,3,6,11,13-15H2,1H3. The quantitative estimate of drug-likeness (QED) is 0.413. The van der Waals surface area contributed by atoms with Crippen LogP contribution < -0.4 is 4.74 Å². The number of nitrogens with zero attached hydrogens (tertiary/aromatic N) is 2. The van der Waals surface area contributed by atoms with Crippen molar-refractivity contribution in [3.8, 4) is 16.3 Å². The van der Waals surface area contributed by atoms with Crippen LogP contribution in [-0.4, -0.2) is 42.2 Å². The first-order valence-corrected chi connectivity index (χ1v) is 11.8. The Labute approximate surface area is 200 Å². The van der Waals surface area contributed by atoms with Crippen molar-refractivity contribution in [3.05, 3.63) is 70.7 Å². The van der Waals surface area contributed by atoms with E-state index in [0.717, 1.165) is 36.3 Å². The smallest absolute Gasteiger partial charge is 0.416 e. The highest BCUT2D eigenvalue weighted by Gasteiger charge is 2.30. The summed E-state index contributed by atoms with van der Waals surface area (Å²) in [5.74, 6) is 0.644. The van der Waals surface area contributed by atoms with E-state index in [1.165, 1.54) is 23.5 Å². The molecule has 2 heterocycles. The largest absolute Gasteiger partial charge is 0.497 e. The van der Waals surface area contributed by atoms with E-state index in [1.807, 2.05) is 24.3 Å². The number of benzene rings is 2. The predicted molar refractivity (Wildman–Crippen MR) is 124 cm³/mol. The van der Waals surface area contributed by atoms with Crippen molar-refractivity contribution in [2.24, 2.45) is 0 Å². The van der Waals surface area contributed by atoms with E-state index in [4.69, 9.17) is 9.47 Å². The van der Waals surface area contributed by atoms with Crippen LogP contribution in [0.25, 0.3) is 10.6 Å². The van der Waals surface area contributed by atoms with Crippen molar-refractivity contribution in [3.63, 3.8) is 0 Å². The lowest BCUT2D eigenvalue weighted by Gasteiger charge is -2.25. The van der Waals surface area contributed by atoms with Crippen LogP contribution in [0.4, 0.5) is 13.2 Å². The molecule has 34 heavy (non-hydrogen) atoms. The lowest BCUT2D eigenvalue weighted by molar-refractivity contribution is -0.137. The summed E-state index contributed by atoms with van der Waals surface area (Å²) in [6, 6.07) is 12.5. The Morgan fingerprint density at radius 3 is 2.71 bits per heavy atom. The highest BCUT2D eigenvalue weighted by molar-refractivity contribution is 7.13. The highest BCUT2D eigenvalue weighted by atomic mass is 32.1. The van der Waals surface area contributed by atoms with Gasteiger partial charge >= 0.3 is 6.18 Å². The third kappa shape index (κ3) is 6.15. The maximum absolute atomic E-state index is 13.2. The molecule has 5 nitrogen and oxygen atoms in total. The maximum atomic E-state index is 13.2. The van der Waals surface area contributed by atoms with Crippen molar-refractivity contribution >= 4 is 17.2 Å². The molecule has 2 aromatic carbocycles. The number of amides is 1. The fourth-order valence-electron chi connectivity index (χ4n) is 3.87. The Kier molecular flexibility index (Phi) is 7.53.